The lowest BCUT2D eigenvalue weighted by atomic mass is 10.00. The number of thioether (sulfide) groups is 1. The molecule has 272 valence electrons. The van der Waals surface area contributed by atoms with Crippen LogP contribution in [0, 0.1) is 11.6 Å². The first-order valence-electron chi connectivity index (χ1n) is 26.2. The van der Waals surface area contributed by atoms with Gasteiger partial charge < -0.3 is 19.1 Å². The Kier molecular flexibility index (Phi) is 5.69. The highest BCUT2D eigenvalue weighted by molar-refractivity contribution is 7.98. The van der Waals surface area contributed by atoms with Gasteiger partial charge in [-0.3, -0.25) is 9.59 Å². The van der Waals surface area contributed by atoms with Crippen LogP contribution in [0.15, 0.2) is 107 Å². The summed E-state index contributed by atoms with van der Waals surface area (Å²) in [6.07, 6.45) is -14.2. The molecule has 6 nitrogen and oxygen atoms in total. The number of methoxy groups -OCH3 is 1. The van der Waals surface area contributed by atoms with Crippen LogP contribution in [-0.2, 0) is 34.5 Å². The van der Waals surface area contributed by atoms with Gasteiger partial charge in [-0.2, -0.15) is 13.2 Å². The second-order valence-corrected chi connectivity index (χ2v) is 11.5. The third-order valence-corrected chi connectivity index (χ3v) is 8.29. The van der Waals surface area contributed by atoms with E-state index in [1.165, 1.54) is 0 Å². The molecule has 1 aliphatic rings. The summed E-state index contributed by atoms with van der Waals surface area (Å²) < 4.78 is 274. The average molecular weight is 759 g/mol. The number of para-hydroxylation sites is 1. The summed E-state index contributed by atoms with van der Waals surface area (Å²) in [6, 6.07) is -0.350. The van der Waals surface area contributed by atoms with E-state index < -0.39 is 172 Å². The summed E-state index contributed by atoms with van der Waals surface area (Å²) in [5, 5.41) is -2.30. The minimum absolute atomic E-state index is 0.0406. The number of rotatable bonds is 12. The van der Waals surface area contributed by atoms with E-state index in [0.29, 0.717) is 6.07 Å². The Morgan fingerprint density at radius 1 is 1.06 bits per heavy atom. The van der Waals surface area contributed by atoms with E-state index >= 15 is 9.18 Å². The normalized spacial score (nSPS) is 26.2. The number of aromatic nitrogens is 1. The van der Waals surface area contributed by atoms with E-state index in [9.17, 15) is 32.0 Å². The van der Waals surface area contributed by atoms with Crippen LogP contribution in [0.2, 0.25) is 0 Å². The highest BCUT2D eigenvalue weighted by atomic mass is 32.2. The minimum atomic E-state index is -4.74. The van der Waals surface area contributed by atoms with Crippen LogP contribution >= 0.6 is 11.8 Å². The maximum absolute atomic E-state index is 15.6. The molecule has 0 saturated carbocycles. The first kappa shape index (κ1) is 18.0. The third-order valence-electron chi connectivity index (χ3n) is 7.28. The molecule has 0 unspecified atom stereocenters. The number of benzene rings is 4. The number of alkyl halides is 3. The molecule has 0 aliphatic carbocycles. The molecule has 1 saturated heterocycles. The molecule has 0 atom stereocenters. The number of pyridine rings is 1. The quantitative estimate of drug-likeness (QED) is 0.0946. The van der Waals surface area contributed by atoms with Crippen molar-refractivity contribution in [3.05, 3.63) is 135 Å². The zero-order chi connectivity index (χ0) is 57.2. The molecule has 1 aromatic heterocycles. The lowest BCUT2D eigenvalue weighted by Gasteiger charge is -2.39. The number of amides is 1. The zero-order valence-electron chi connectivity index (χ0n) is 49.1. The first-order valence-corrected chi connectivity index (χ1v) is 15.7. The number of ether oxygens (including phenoxy) is 1. The molecular formula is C40H38F5N3O3S. The molecule has 0 bridgehead atoms. The van der Waals surface area contributed by atoms with Gasteiger partial charge in [0, 0.05) is 75.5 Å². The number of hydrogen-bond donors (Lipinski definition) is 0. The Bertz CT molecular complexity index is 3110. The largest absolute Gasteiger partial charge is 0.416 e. The van der Waals surface area contributed by atoms with E-state index in [4.69, 9.17) is 21.9 Å². The van der Waals surface area contributed by atoms with Crippen molar-refractivity contribution in [1.82, 2.24) is 14.4 Å². The molecule has 5 aromatic rings. The second-order valence-electron chi connectivity index (χ2n) is 10.6. The van der Waals surface area contributed by atoms with Gasteiger partial charge >= 0.3 is 6.18 Å². The minimum Gasteiger partial charge on any atom is -0.383 e. The number of carbonyl (C=O) groups is 1. The molecule has 0 radical (unpaired) electrons. The van der Waals surface area contributed by atoms with Crippen LogP contribution in [0.1, 0.15) is 61.0 Å². The number of hydrogen-bond acceptors (Lipinski definition) is 5. The van der Waals surface area contributed by atoms with Crippen LogP contribution in [0.25, 0.3) is 22.0 Å². The lowest BCUT2D eigenvalue weighted by Crippen LogP contribution is -2.48. The van der Waals surface area contributed by atoms with Gasteiger partial charge in [0.2, 0.25) is 5.91 Å². The standard InChI is InChI=1S/C40H38F5N3O3S/c1-51-22-21-46-19-17-32(18-20-46)47(24-27-9-11-28(12-10-27)29-13-15-31(16-14-29)40(43,44)45)37(50)25-48-35-8-3-2-6-33(35)36(49)23-38(48)52-26-30-5-4-7-34(41)39(30)42/h2-16,23,32H,17-22,24-26H2,1H3/i1D3,2D,3D,6D,8D,17D2,18D2,19D2,20D2,21D2,22D2,23D,25D2,32D. The summed E-state index contributed by atoms with van der Waals surface area (Å²) in [6.45, 7) is -24.3. The summed E-state index contributed by atoms with van der Waals surface area (Å²) in [5.74, 6) is -6.24. The van der Waals surface area contributed by atoms with Crippen LogP contribution < -0.4 is 5.43 Å². The Hall–Kier alpha value is -4.52. The summed E-state index contributed by atoms with van der Waals surface area (Å²) in [5.41, 5.74) is -4.55. The van der Waals surface area contributed by atoms with Crippen molar-refractivity contribution in [1.29, 1.82) is 0 Å². The number of likely N-dealkylation sites (tertiary alicyclic amines) is 1. The highest BCUT2D eigenvalue weighted by Crippen LogP contribution is 2.32. The fraction of sp³-hybridized carbons (Fsp3) is 0.300. The molecule has 1 amide bonds. The summed E-state index contributed by atoms with van der Waals surface area (Å²) in [4.78, 5) is 28.1. The number of halogens is 5. The molecule has 4 aromatic carbocycles. The van der Waals surface area contributed by atoms with Crippen molar-refractivity contribution in [2.24, 2.45) is 0 Å². The predicted molar refractivity (Wildman–Crippen MR) is 193 cm³/mol. The topological polar surface area (TPSA) is 54.8 Å². The van der Waals surface area contributed by atoms with Crippen LogP contribution in [0.3, 0.4) is 0 Å². The van der Waals surface area contributed by atoms with E-state index in [-0.39, 0.29) is 27.5 Å². The van der Waals surface area contributed by atoms with Crippen LogP contribution in [0.5, 0.6) is 0 Å². The molecule has 2 heterocycles. The van der Waals surface area contributed by atoms with Gasteiger partial charge in [0.25, 0.3) is 0 Å². The third kappa shape index (κ3) is 8.74. The van der Waals surface area contributed by atoms with Crippen molar-refractivity contribution in [2.45, 2.75) is 48.8 Å². The molecule has 52 heavy (non-hydrogen) atoms. The maximum atomic E-state index is 15.6. The molecule has 12 heteroatoms. The lowest BCUT2D eigenvalue weighted by molar-refractivity contribution is -0.137. The molecular weight excluding hydrogens is 698 g/mol. The van der Waals surface area contributed by atoms with Gasteiger partial charge in [-0.15, -0.1) is 11.8 Å². The average Bonchev–Trinajstić information content (AvgIpc) is 3.28. The van der Waals surface area contributed by atoms with E-state index in [0.717, 1.165) is 60.7 Å². The first-order chi connectivity index (χ1) is 33.9. The van der Waals surface area contributed by atoms with Crippen molar-refractivity contribution in [3.8, 4) is 11.1 Å². The predicted octanol–water partition coefficient (Wildman–Crippen LogP) is 8.40. The van der Waals surface area contributed by atoms with Crippen LogP contribution in [0.4, 0.5) is 22.0 Å². The van der Waals surface area contributed by atoms with Gasteiger partial charge in [0.1, 0.15) is 6.50 Å². The Morgan fingerprint density at radius 3 is 2.44 bits per heavy atom. The van der Waals surface area contributed by atoms with Gasteiger partial charge in [0.15, 0.2) is 17.1 Å². The molecule has 1 fully saturated rings. The number of fused-ring (bicyclic) bond motifs is 1. The van der Waals surface area contributed by atoms with Crippen LogP contribution in [-0.4, -0.2) is 59.4 Å². The van der Waals surface area contributed by atoms with Gasteiger partial charge in [-0.1, -0.05) is 60.6 Å². The molecule has 1 aliphatic heterocycles. The fourth-order valence-corrected chi connectivity index (χ4v) is 5.70. The Balaban J connectivity index is 1.68. The van der Waals surface area contributed by atoms with E-state index in [1.807, 2.05) is 0 Å². The van der Waals surface area contributed by atoms with Gasteiger partial charge in [-0.05, 0) is 59.7 Å². The van der Waals surface area contributed by atoms with Crippen molar-refractivity contribution in [3.63, 3.8) is 0 Å². The molecule has 0 N–H and O–H groups in total. The SMILES string of the molecule is [2H]c1c([2H])c([2H])c2c(c1[2H])c(=O)c([2H])c(SCc1cccc(F)c1F)n2C([2H])([2H])C(=O)N(Cc1ccc(-c2ccc(C(F)(F)F)cc2)cc1)C1([2H])C([2H])([2H])C([2H])([2H])N(C([2H])([2H])C([2H])([2H])OC([2H])([2H])[2H])C([2H])([2H])C1([2H])[2H]. The van der Waals surface area contributed by atoms with E-state index in [1.54, 1.807) is 0 Å². The fourth-order valence-electron chi connectivity index (χ4n) is 4.75. The molecule has 0 spiro atoms. The van der Waals surface area contributed by atoms with Crippen molar-refractivity contribution >= 4 is 28.6 Å². The van der Waals surface area contributed by atoms with Crippen molar-refractivity contribution in [2.75, 3.05) is 33.1 Å². The van der Waals surface area contributed by atoms with Gasteiger partial charge in [0.05, 0.1) is 40.5 Å². The summed E-state index contributed by atoms with van der Waals surface area (Å²) in [7, 11) is -3.89. The molecule has 6 rings (SSSR count). The second kappa shape index (κ2) is 16.4. The number of piperidine rings is 1. The highest BCUT2D eigenvalue weighted by Gasteiger charge is 2.31. The zero-order valence-corrected chi connectivity index (χ0v) is 26.9. The maximum Gasteiger partial charge on any atom is 0.416 e. The summed E-state index contributed by atoms with van der Waals surface area (Å²) >= 11 is 0.0999. The Labute approximate surface area is 335 Å². The van der Waals surface area contributed by atoms with E-state index in [2.05, 4.69) is 4.74 Å². The van der Waals surface area contributed by atoms with Gasteiger partial charge in [-0.25, -0.2) is 8.78 Å². The van der Waals surface area contributed by atoms with Crippen molar-refractivity contribution < 1.29 is 63.0 Å². The number of carbonyl (C=O) groups excluding carboxylic acids is 1. The monoisotopic (exact) mass is 758 g/mol. The Morgan fingerprint density at radius 2 is 1.75 bits per heavy atom. The number of nitrogens with zero attached hydrogens (tertiary/aromatic N) is 3. The smallest absolute Gasteiger partial charge is 0.383 e.